The van der Waals surface area contributed by atoms with E-state index in [0.29, 0.717) is 41.5 Å². The van der Waals surface area contributed by atoms with Crippen molar-refractivity contribution in [2.45, 2.75) is 13.0 Å². The van der Waals surface area contributed by atoms with E-state index in [0.717, 1.165) is 15.8 Å². The third-order valence-corrected chi connectivity index (χ3v) is 7.62. The van der Waals surface area contributed by atoms with Gasteiger partial charge in [0.25, 0.3) is 5.78 Å². The predicted octanol–water partition coefficient (Wildman–Crippen LogP) is 4.95. The zero-order chi connectivity index (χ0) is 27.0. The average molecular weight is 597 g/mol. The van der Waals surface area contributed by atoms with Crippen molar-refractivity contribution in [2.24, 2.45) is 0 Å². The van der Waals surface area contributed by atoms with Crippen molar-refractivity contribution < 1.29 is 33.7 Å². The highest BCUT2D eigenvalue weighted by molar-refractivity contribution is 9.10. The molecule has 5 rings (SSSR count). The molecule has 0 bridgehead atoms. The van der Waals surface area contributed by atoms with E-state index in [2.05, 4.69) is 27.5 Å². The highest BCUT2D eigenvalue weighted by Gasteiger charge is 2.48. The molecule has 1 N–H and O–H groups in total. The molecule has 3 aromatic rings. The van der Waals surface area contributed by atoms with Crippen LogP contribution in [0, 0.1) is 6.92 Å². The quantitative estimate of drug-likeness (QED) is 0.140. The molecule has 38 heavy (non-hydrogen) atoms. The molecule has 0 aliphatic carbocycles. The van der Waals surface area contributed by atoms with Crippen molar-refractivity contribution in [3.63, 3.8) is 0 Å². The molecule has 1 fully saturated rings. The van der Waals surface area contributed by atoms with Gasteiger partial charge in [0, 0.05) is 10.0 Å². The number of ketones is 1. The number of aryl methyl sites for hydroxylation is 1. The highest BCUT2D eigenvalue weighted by Crippen LogP contribution is 2.45. The second-order valence-corrected chi connectivity index (χ2v) is 10.3. The number of anilines is 1. The first-order valence-electron chi connectivity index (χ1n) is 11.5. The van der Waals surface area contributed by atoms with E-state index < -0.39 is 23.7 Å². The molecule has 194 valence electrons. The van der Waals surface area contributed by atoms with Crippen LogP contribution in [0.1, 0.15) is 32.5 Å². The van der Waals surface area contributed by atoms with Crippen molar-refractivity contribution in [1.82, 2.24) is 4.98 Å². The Morgan fingerprint density at radius 2 is 1.92 bits per heavy atom. The maximum absolute atomic E-state index is 13.4. The molecule has 2 aliphatic heterocycles. The number of Topliss-reactive ketones (excluding diaryl/α,β-unsaturated/α-hetero) is 1. The fourth-order valence-corrected chi connectivity index (χ4v) is 5.46. The topological polar surface area (TPSA) is 115 Å². The number of rotatable bonds is 6. The van der Waals surface area contributed by atoms with E-state index >= 15 is 0 Å². The molecular weight excluding hydrogens is 576 g/mol. The molecule has 0 radical (unpaired) electrons. The van der Waals surface area contributed by atoms with Gasteiger partial charge in [-0.15, -0.1) is 0 Å². The van der Waals surface area contributed by atoms with Gasteiger partial charge in [-0.05, 0) is 42.8 Å². The number of aromatic nitrogens is 1. The number of hydrogen-bond acceptors (Lipinski definition) is 9. The molecule has 11 heteroatoms. The van der Waals surface area contributed by atoms with Crippen molar-refractivity contribution in [2.75, 3.05) is 24.7 Å². The molecule has 0 saturated carbocycles. The van der Waals surface area contributed by atoms with Crippen LogP contribution >= 0.6 is 27.3 Å². The van der Waals surface area contributed by atoms with Gasteiger partial charge in [-0.2, -0.15) is 0 Å². The van der Waals surface area contributed by atoms with Crippen LogP contribution in [0.3, 0.4) is 0 Å². The number of halogens is 1. The number of fused-ring (bicyclic) bond motifs is 1. The van der Waals surface area contributed by atoms with Gasteiger partial charge in [0.05, 0.1) is 17.3 Å². The molecule has 2 aliphatic rings. The summed E-state index contributed by atoms with van der Waals surface area (Å²) < 4.78 is 17.1. The largest absolute Gasteiger partial charge is 0.507 e. The highest BCUT2D eigenvalue weighted by atomic mass is 79.9. The second-order valence-electron chi connectivity index (χ2n) is 8.38. The molecule has 1 amide bonds. The number of carbonyl (C=O) groups excluding carboxylic acids is 3. The molecule has 1 unspecified atom stereocenters. The summed E-state index contributed by atoms with van der Waals surface area (Å²) in [6, 6.07) is 10.8. The molecule has 1 saturated heterocycles. The number of aliphatic hydroxyl groups excluding tert-OH is 1. The minimum absolute atomic E-state index is 0.0183. The normalized spacial score (nSPS) is 17.9. The van der Waals surface area contributed by atoms with Gasteiger partial charge in [-0.3, -0.25) is 14.5 Å². The summed E-state index contributed by atoms with van der Waals surface area (Å²) in [7, 11) is 0. The van der Waals surface area contributed by atoms with Crippen LogP contribution in [0.25, 0.3) is 5.76 Å². The van der Waals surface area contributed by atoms with E-state index in [1.54, 1.807) is 49.4 Å². The number of esters is 1. The Morgan fingerprint density at radius 3 is 2.63 bits per heavy atom. The van der Waals surface area contributed by atoms with Gasteiger partial charge in [-0.1, -0.05) is 52.1 Å². The van der Waals surface area contributed by atoms with E-state index in [1.165, 1.54) is 11.0 Å². The SMILES string of the molecule is C=CCOC(=O)c1sc(N2C(=O)C(=O)C(=C(O)c3ccc4c(c3)OCCO4)C2c2ccc(Br)cc2)nc1C. The summed E-state index contributed by atoms with van der Waals surface area (Å²) in [5.74, 6) is -1.79. The van der Waals surface area contributed by atoms with Crippen LogP contribution < -0.4 is 14.4 Å². The number of aliphatic hydroxyl groups is 1. The fraction of sp³-hybridized carbons (Fsp3) is 0.185. The first kappa shape index (κ1) is 25.7. The first-order valence-corrected chi connectivity index (χ1v) is 13.1. The monoisotopic (exact) mass is 596 g/mol. The Morgan fingerprint density at radius 1 is 1.21 bits per heavy atom. The summed E-state index contributed by atoms with van der Waals surface area (Å²) in [5.41, 5.74) is 1.09. The number of benzene rings is 2. The van der Waals surface area contributed by atoms with Crippen molar-refractivity contribution in [1.29, 1.82) is 0 Å². The Kier molecular flexibility index (Phi) is 7.04. The van der Waals surface area contributed by atoms with Crippen LogP contribution in [-0.2, 0) is 14.3 Å². The Labute approximate surface area is 230 Å². The van der Waals surface area contributed by atoms with E-state index in [4.69, 9.17) is 14.2 Å². The zero-order valence-corrected chi connectivity index (χ0v) is 22.5. The van der Waals surface area contributed by atoms with Gasteiger partial charge in [0.2, 0.25) is 0 Å². The van der Waals surface area contributed by atoms with Crippen LogP contribution in [0.4, 0.5) is 5.13 Å². The number of nitrogens with zero attached hydrogens (tertiary/aromatic N) is 2. The van der Waals surface area contributed by atoms with Gasteiger partial charge in [0.1, 0.15) is 30.5 Å². The van der Waals surface area contributed by atoms with E-state index in [9.17, 15) is 19.5 Å². The molecule has 1 atom stereocenters. The van der Waals surface area contributed by atoms with Gasteiger partial charge >= 0.3 is 11.9 Å². The lowest BCUT2D eigenvalue weighted by Crippen LogP contribution is -2.29. The number of thiazole rings is 1. The summed E-state index contributed by atoms with van der Waals surface area (Å²) in [6.07, 6.45) is 1.44. The lowest BCUT2D eigenvalue weighted by Gasteiger charge is -2.23. The average Bonchev–Trinajstić information content (AvgIpc) is 3.43. The smallest absolute Gasteiger partial charge is 0.350 e. The Balaban J connectivity index is 1.64. The predicted molar refractivity (Wildman–Crippen MR) is 144 cm³/mol. The molecule has 1 aromatic heterocycles. The van der Waals surface area contributed by atoms with Crippen LogP contribution in [0.5, 0.6) is 11.5 Å². The zero-order valence-electron chi connectivity index (χ0n) is 20.1. The summed E-state index contributed by atoms with van der Waals surface area (Å²) >= 11 is 4.33. The molecular formula is C27H21BrN2O7S. The lowest BCUT2D eigenvalue weighted by atomic mass is 9.95. The summed E-state index contributed by atoms with van der Waals surface area (Å²) in [5, 5.41) is 11.5. The lowest BCUT2D eigenvalue weighted by molar-refractivity contribution is -0.132. The fourth-order valence-electron chi connectivity index (χ4n) is 4.21. The molecule has 0 spiro atoms. The van der Waals surface area contributed by atoms with Crippen LogP contribution in [0.15, 0.2) is 65.2 Å². The first-order chi connectivity index (χ1) is 18.3. The maximum Gasteiger partial charge on any atom is 0.350 e. The van der Waals surface area contributed by atoms with Gasteiger partial charge in [-0.25, -0.2) is 9.78 Å². The maximum atomic E-state index is 13.4. The van der Waals surface area contributed by atoms with Gasteiger partial charge < -0.3 is 19.3 Å². The number of carbonyl (C=O) groups is 3. The Hall–Kier alpha value is -3.96. The Bertz CT molecular complexity index is 1500. The molecule has 9 nitrogen and oxygen atoms in total. The van der Waals surface area contributed by atoms with E-state index in [-0.39, 0.29) is 27.9 Å². The summed E-state index contributed by atoms with van der Waals surface area (Å²) in [6.45, 7) is 5.92. The third-order valence-electron chi connectivity index (χ3n) is 5.95. The standard InChI is InChI=1S/C27H21BrN2O7S/c1-3-10-37-26(34)24-14(2)29-27(38-24)30-21(15-4-7-17(28)8-5-15)20(23(32)25(30)33)22(31)16-6-9-18-19(13-16)36-12-11-35-18/h3-9,13,21,31H,1,10-12H2,2H3. The minimum Gasteiger partial charge on any atom is -0.507 e. The third kappa shape index (κ3) is 4.59. The van der Waals surface area contributed by atoms with Crippen molar-refractivity contribution in [3.8, 4) is 11.5 Å². The molecule has 3 heterocycles. The number of hydrogen-bond donors (Lipinski definition) is 1. The minimum atomic E-state index is -1.00. The second kappa shape index (κ2) is 10.4. The van der Waals surface area contributed by atoms with Crippen LogP contribution in [-0.4, -0.2) is 47.6 Å². The number of ether oxygens (including phenoxy) is 3. The van der Waals surface area contributed by atoms with Crippen LogP contribution in [0.2, 0.25) is 0 Å². The van der Waals surface area contributed by atoms with E-state index in [1.807, 2.05) is 0 Å². The van der Waals surface area contributed by atoms with Crippen molar-refractivity contribution >= 4 is 55.8 Å². The summed E-state index contributed by atoms with van der Waals surface area (Å²) in [4.78, 5) is 45.2. The number of amides is 1. The van der Waals surface area contributed by atoms with Gasteiger partial charge in [0.15, 0.2) is 16.6 Å². The van der Waals surface area contributed by atoms with Crippen molar-refractivity contribution in [3.05, 3.63) is 86.9 Å². The molecule has 2 aromatic carbocycles.